The Labute approximate surface area is 125 Å². The molecule has 0 saturated carbocycles. The first-order valence-corrected chi connectivity index (χ1v) is 7.34. The Balaban J connectivity index is 2.26. The standard InChI is InChI=1S/C18H21F2N/c1-3-8-21-18(17-7-5-4-6-13(17)2)11-14-9-15(19)12-16(20)10-14/h4-7,9-10,12,18,21H,3,8,11H2,1-2H3. The SMILES string of the molecule is CCCNC(Cc1cc(F)cc(F)c1)c1ccccc1C. The van der Waals surface area contributed by atoms with Gasteiger partial charge in [0.15, 0.2) is 0 Å². The maximum atomic E-state index is 13.4. The molecule has 1 nitrogen and oxygen atoms in total. The quantitative estimate of drug-likeness (QED) is 0.822. The van der Waals surface area contributed by atoms with Gasteiger partial charge in [-0.15, -0.1) is 0 Å². The van der Waals surface area contributed by atoms with Crippen molar-refractivity contribution in [2.75, 3.05) is 6.54 Å². The molecule has 0 aromatic heterocycles. The van der Waals surface area contributed by atoms with Crippen LogP contribution in [0.5, 0.6) is 0 Å². The predicted octanol–water partition coefficient (Wildman–Crippen LogP) is 4.56. The first-order valence-electron chi connectivity index (χ1n) is 7.34. The molecule has 0 saturated heterocycles. The molecule has 0 fully saturated rings. The van der Waals surface area contributed by atoms with Crippen LogP contribution in [0, 0.1) is 18.6 Å². The van der Waals surface area contributed by atoms with Gasteiger partial charge in [0.25, 0.3) is 0 Å². The number of halogens is 2. The van der Waals surface area contributed by atoms with Gasteiger partial charge in [0.05, 0.1) is 0 Å². The molecule has 1 unspecified atom stereocenters. The lowest BCUT2D eigenvalue weighted by Crippen LogP contribution is -2.24. The van der Waals surface area contributed by atoms with Crippen LogP contribution in [0.3, 0.4) is 0 Å². The second-order valence-corrected chi connectivity index (χ2v) is 5.35. The fourth-order valence-corrected chi connectivity index (χ4v) is 2.55. The molecule has 1 atom stereocenters. The molecular weight excluding hydrogens is 268 g/mol. The Kier molecular flexibility index (Phi) is 5.45. The van der Waals surface area contributed by atoms with Crippen molar-refractivity contribution in [1.82, 2.24) is 5.32 Å². The summed E-state index contributed by atoms with van der Waals surface area (Å²) in [5, 5.41) is 3.47. The van der Waals surface area contributed by atoms with E-state index in [4.69, 9.17) is 0 Å². The fourth-order valence-electron chi connectivity index (χ4n) is 2.55. The topological polar surface area (TPSA) is 12.0 Å². The van der Waals surface area contributed by atoms with Gasteiger partial charge in [-0.05, 0) is 55.1 Å². The number of hydrogen-bond donors (Lipinski definition) is 1. The van der Waals surface area contributed by atoms with Gasteiger partial charge < -0.3 is 5.32 Å². The van der Waals surface area contributed by atoms with Gasteiger partial charge in [-0.3, -0.25) is 0 Å². The molecule has 2 aromatic rings. The van der Waals surface area contributed by atoms with Gasteiger partial charge in [0.1, 0.15) is 11.6 Å². The van der Waals surface area contributed by atoms with Crippen molar-refractivity contribution in [3.63, 3.8) is 0 Å². The summed E-state index contributed by atoms with van der Waals surface area (Å²) in [6.45, 7) is 5.03. The molecule has 2 rings (SSSR count). The summed E-state index contributed by atoms with van der Waals surface area (Å²) in [4.78, 5) is 0. The van der Waals surface area contributed by atoms with E-state index in [-0.39, 0.29) is 6.04 Å². The van der Waals surface area contributed by atoms with Crippen molar-refractivity contribution >= 4 is 0 Å². The van der Waals surface area contributed by atoms with Crippen LogP contribution in [0.2, 0.25) is 0 Å². The van der Waals surface area contributed by atoms with Crippen LogP contribution in [-0.2, 0) is 6.42 Å². The second-order valence-electron chi connectivity index (χ2n) is 5.35. The number of hydrogen-bond acceptors (Lipinski definition) is 1. The summed E-state index contributed by atoms with van der Waals surface area (Å²) in [6, 6.07) is 11.9. The van der Waals surface area contributed by atoms with Crippen LogP contribution >= 0.6 is 0 Å². The van der Waals surface area contributed by atoms with E-state index in [2.05, 4.69) is 31.3 Å². The number of nitrogens with one attached hydrogen (secondary N) is 1. The molecule has 0 radical (unpaired) electrons. The monoisotopic (exact) mass is 289 g/mol. The summed E-state index contributed by atoms with van der Waals surface area (Å²) in [5.74, 6) is -1.05. The molecule has 2 aromatic carbocycles. The lowest BCUT2D eigenvalue weighted by Gasteiger charge is -2.21. The zero-order valence-electron chi connectivity index (χ0n) is 12.5. The van der Waals surface area contributed by atoms with Crippen LogP contribution in [0.15, 0.2) is 42.5 Å². The van der Waals surface area contributed by atoms with E-state index in [9.17, 15) is 8.78 Å². The third-order valence-electron chi connectivity index (χ3n) is 3.57. The van der Waals surface area contributed by atoms with Crippen molar-refractivity contribution in [2.45, 2.75) is 32.7 Å². The highest BCUT2D eigenvalue weighted by Gasteiger charge is 2.14. The van der Waals surface area contributed by atoms with E-state index in [1.807, 2.05) is 12.1 Å². The fraction of sp³-hybridized carbons (Fsp3) is 0.333. The van der Waals surface area contributed by atoms with Gasteiger partial charge in [-0.2, -0.15) is 0 Å². The molecule has 112 valence electrons. The Bertz CT molecular complexity index is 575. The van der Waals surface area contributed by atoms with Crippen molar-refractivity contribution in [3.05, 3.63) is 70.8 Å². The number of rotatable bonds is 6. The van der Waals surface area contributed by atoms with Gasteiger partial charge in [0, 0.05) is 12.1 Å². The van der Waals surface area contributed by atoms with E-state index in [0.29, 0.717) is 12.0 Å². The second kappa shape index (κ2) is 7.32. The van der Waals surface area contributed by atoms with E-state index in [1.54, 1.807) is 0 Å². The Morgan fingerprint density at radius 2 is 1.71 bits per heavy atom. The molecule has 0 aliphatic heterocycles. The molecular formula is C18H21F2N. The summed E-state index contributed by atoms with van der Waals surface area (Å²) in [5.41, 5.74) is 3.03. The molecule has 0 spiro atoms. The van der Waals surface area contributed by atoms with E-state index >= 15 is 0 Å². The van der Waals surface area contributed by atoms with E-state index in [1.165, 1.54) is 23.3 Å². The third kappa shape index (κ3) is 4.36. The van der Waals surface area contributed by atoms with Crippen LogP contribution in [0.4, 0.5) is 8.78 Å². The normalized spacial score (nSPS) is 12.4. The van der Waals surface area contributed by atoms with Crippen molar-refractivity contribution in [3.8, 4) is 0 Å². The number of benzene rings is 2. The minimum absolute atomic E-state index is 0.0624. The zero-order valence-corrected chi connectivity index (χ0v) is 12.5. The molecule has 0 aliphatic carbocycles. The summed E-state index contributed by atoms with van der Waals surface area (Å²) < 4.78 is 26.7. The van der Waals surface area contributed by atoms with E-state index < -0.39 is 11.6 Å². The van der Waals surface area contributed by atoms with Crippen molar-refractivity contribution in [1.29, 1.82) is 0 Å². The first-order chi connectivity index (χ1) is 10.1. The summed E-state index contributed by atoms with van der Waals surface area (Å²) >= 11 is 0. The molecule has 21 heavy (non-hydrogen) atoms. The largest absolute Gasteiger partial charge is 0.310 e. The Morgan fingerprint density at radius 1 is 1.05 bits per heavy atom. The zero-order chi connectivity index (χ0) is 15.2. The van der Waals surface area contributed by atoms with Crippen molar-refractivity contribution in [2.24, 2.45) is 0 Å². The van der Waals surface area contributed by atoms with E-state index in [0.717, 1.165) is 19.0 Å². The van der Waals surface area contributed by atoms with Gasteiger partial charge in [-0.1, -0.05) is 31.2 Å². The maximum absolute atomic E-state index is 13.4. The minimum Gasteiger partial charge on any atom is -0.310 e. The lowest BCUT2D eigenvalue weighted by molar-refractivity contribution is 0.521. The molecule has 0 aliphatic rings. The minimum atomic E-state index is -0.524. The highest BCUT2D eigenvalue weighted by Crippen LogP contribution is 2.22. The Morgan fingerprint density at radius 3 is 2.33 bits per heavy atom. The highest BCUT2D eigenvalue weighted by molar-refractivity contribution is 5.31. The molecule has 0 amide bonds. The third-order valence-corrected chi connectivity index (χ3v) is 3.57. The molecule has 3 heteroatoms. The predicted molar refractivity (Wildman–Crippen MR) is 82.3 cm³/mol. The average Bonchev–Trinajstić information content (AvgIpc) is 2.43. The van der Waals surface area contributed by atoms with Gasteiger partial charge >= 0.3 is 0 Å². The highest BCUT2D eigenvalue weighted by atomic mass is 19.1. The maximum Gasteiger partial charge on any atom is 0.126 e. The summed E-state index contributed by atoms with van der Waals surface area (Å²) in [6.07, 6.45) is 1.58. The molecule has 0 bridgehead atoms. The molecule has 1 N–H and O–H groups in total. The van der Waals surface area contributed by atoms with Crippen LogP contribution in [-0.4, -0.2) is 6.54 Å². The molecule has 0 heterocycles. The average molecular weight is 289 g/mol. The first kappa shape index (κ1) is 15.6. The lowest BCUT2D eigenvalue weighted by atomic mass is 9.95. The van der Waals surface area contributed by atoms with Gasteiger partial charge in [0.2, 0.25) is 0 Å². The van der Waals surface area contributed by atoms with Crippen molar-refractivity contribution < 1.29 is 8.78 Å². The van der Waals surface area contributed by atoms with Gasteiger partial charge in [-0.25, -0.2) is 8.78 Å². The van der Waals surface area contributed by atoms with Crippen LogP contribution in [0.25, 0.3) is 0 Å². The van der Waals surface area contributed by atoms with Crippen LogP contribution in [0.1, 0.15) is 36.1 Å². The Hall–Kier alpha value is -1.74. The smallest absolute Gasteiger partial charge is 0.126 e. The van der Waals surface area contributed by atoms with Crippen LogP contribution < -0.4 is 5.32 Å². The summed E-state index contributed by atoms with van der Waals surface area (Å²) in [7, 11) is 0. The number of aryl methyl sites for hydroxylation is 1.